The van der Waals surface area contributed by atoms with Crippen molar-refractivity contribution in [1.82, 2.24) is 15.8 Å². The number of aromatic nitrogens is 1. The fourth-order valence-electron chi connectivity index (χ4n) is 6.28. The molecular formula is C21H31N3O4. The molecular weight excluding hydrogens is 358 g/mol. The van der Waals surface area contributed by atoms with Gasteiger partial charge in [-0.2, -0.15) is 0 Å². The first-order valence-corrected chi connectivity index (χ1v) is 10.3. The second-order valence-electron chi connectivity index (χ2n) is 9.47. The van der Waals surface area contributed by atoms with Crippen LogP contribution in [0.1, 0.15) is 62.7 Å². The summed E-state index contributed by atoms with van der Waals surface area (Å²) >= 11 is 0. The van der Waals surface area contributed by atoms with Crippen LogP contribution in [0.4, 0.5) is 0 Å². The lowest BCUT2D eigenvalue weighted by Crippen LogP contribution is -2.60. The van der Waals surface area contributed by atoms with Crippen molar-refractivity contribution in [2.75, 3.05) is 13.2 Å². The molecule has 2 heterocycles. The van der Waals surface area contributed by atoms with E-state index in [1.165, 1.54) is 6.42 Å². The second-order valence-corrected chi connectivity index (χ2v) is 9.47. The van der Waals surface area contributed by atoms with Crippen LogP contribution < -0.4 is 10.6 Å². The molecule has 1 aromatic rings. The minimum atomic E-state index is -0.240. The smallest absolute Gasteiger partial charge is 0.289 e. The maximum atomic E-state index is 12.2. The van der Waals surface area contributed by atoms with Gasteiger partial charge in [-0.25, -0.2) is 0 Å². The molecule has 1 spiro atoms. The standard InChI is InChI=1S/C21H31N3O4/c1-12-9-17(28-24-12)18(26)22-7-5-16-15-10-14-11-21(15,6-8-27-16)19(20(14,3)4)23-13(2)25/h9,14-16,19H,5-8,10-11H2,1-4H3,(H,22,26)(H,23,25)/t14-,15-,16-,19+,21?/m1/s1. The Morgan fingerprint density at radius 1 is 1.36 bits per heavy atom. The van der Waals surface area contributed by atoms with Gasteiger partial charge in [0.15, 0.2) is 0 Å². The van der Waals surface area contributed by atoms with Gasteiger partial charge in [0.05, 0.1) is 11.8 Å². The van der Waals surface area contributed by atoms with Crippen molar-refractivity contribution in [1.29, 1.82) is 0 Å². The summed E-state index contributed by atoms with van der Waals surface area (Å²) in [5, 5.41) is 9.96. The van der Waals surface area contributed by atoms with Gasteiger partial charge in [-0.1, -0.05) is 19.0 Å². The molecule has 7 nitrogen and oxygen atoms in total. The number of nitrogens with zero attached hydrogens (tertiary/aromatic N) is 1. The van der Waals surface area contributed by atoms with Gasteiger partial charge in [0, 0.05) is 32.2 Å². The molecule has 5 atom stereocenters. The predicted molar refractivity (Wildman–Crippen MR) is 103 cm³/mol. The zero-order chi connectivity index (χ0) is 20.1. The number of rotatable bonds is 5. The first kappa shape index (κ1) is 19.4. The third kappa shape index (κ3) is 3.04. The van der Waals surface area contributed by atoms with Crippen LogP contribution in [0.5, 0.6) is 0 Å². The highest BCUT2D eigenvalue weighted by molar-refractivity contribution is 5.91. The van der Waals surface area contributed by atoms with Gasteiger partial charge in [0.1, 0.15) is 0 Å². The number of ether oxygens (including phenoxy) is 1. The van der Waals surface area contributed by atoms with E-state index in [0.29, 0.717) is 24.1 Å². The SMILES string of the molecule is CC(=O)N[C@H]1C(C)(C)[C@@H]2C[C@@H]3[C@@H](CCNC(=O)c4cc(C)no4)OCCC31C2. The lowest BCUT2D eigenvalue weighted by molar-refractivity contribution is -0.135. The molecule has 2 aliphatic carbocycles. The molecule has 0 aromatic carbocycles. The molecule has 1 aliphatic heterocycles. The molecule has 0 radical (unpaired) electrons. The second kappa shape index (κ2) is 6.87. The summed E-state index contributed by atoms with van der Waals surface area (Å²) in [4.78, 5) is 24.1. The molecule has 2 saturated carbocycles. The molecule has 2 bridgehead atoms. The Morgan fingerprint density at radius 3 is 2.82 bits per heavy atom. The Hall–Kier alpha value is -1.89. The fourth-order valence-corrected chi connectivity index (χ4v) is 6.28. The van der Waals surface area contributed by atoms with E-state index in [9.17, 15) is 9.59 Å². The van der Waals surface area contributed by atoms with Crippen LogP contribution >= 0.6 is 0 Å². The average molecular weight is 389 g/mol. The molecule has 1 saturated heterocycles. The zero-order valence-corrected chi connectivity index (χ0v) is 17.2. The van der Waals surface area contributed by atoms with Gasteiger partial charge < -0.3 is 19.9 Å². The molecule has 2 amide bonds. The number of amides is 2. The summed E-state index contributed by atoms with van der Waals surface area (Å²) in [6, 6.07) is 1.83. The minimum absolute atomic E-state index is 0.0522. The van der Waals surface area contributed by atoms with Crippen LogP contribution in [0, 0.1) is 29.6 Å². The minimum Gasteiger partial charge on any atom is -0.378 e. The summed E-state index contributed by atoms with van der Waals surface area (Å²) < 4.78 is 11.2. The van der Waals surface area contributed by atoms with E-state index < -0.39 is 0 Å². The fraction of sp³-hybridized carbons (Fsp3) is 0.762. The van der Waals surface area contributed by atoms with Gasteiger partial charge in [-0.15, -0.1) is 0 Å². The van der Waals surface area contributed by atoms with Gasteiger partial charge in [-0.3, -0.25) is 9.59 Å². The van der Waals surface area contributed by atoms with Gasteiger partial charge in [-0.05, 0) is 55.3 Å². The third-order valence-corrected chi connectivity index (χ3v) is 7.54. The summed E-state index contributed by atoms with van der Waals surface area (Å²) in [6.07, 6.45) is 4.19. The molecule has 4 rings (SSSR count). The normalized spacial score (nSPS) is 35.4. The summed E-state index contributed by atoms with van der Waals surface area (Å²) in [7, 11) is 0. The highest BCUT2D eigenvalue weighted by Crippen LogP contribution is 2.68. The van der Waals surface area contributed by atoms with Gasteiger partial charge in [0.25, 0.3) is 5.91 Å². The van der Waals surface area contributed by atoms with Gasteiger partial charge in [0.2, 0.25) is 11.7 Å². The third-order valence-electron chi connectivity index (χ3n) is 7.54. The van der Waals surface area contributed by atoms with Crippen molar-refractivity contribution in [2.45, 2.75) is 65.5 Å². The van der Waals surface area contributed by atoms with E-state index in [1.54, 1.807) is 19.9 Å². The number of fused-ring (bicyclic) bond motifs is 1. The number of carbonyl (C=O) groups excluding carboxylic acids is 2. The number of aryl methyl sites for hydroxylation is 1. The van der Waals surface area contributed by atoms with E-state index >= 15 is 0 Å². The van der Waals surface area contributed by atoms with Crippen molar-refractivity contribution < 1.29 is 18.8 Å². The Morgan fingerprint density at radius 2 is 2.14 bits per heavy atom. The topological polar surface area (TPSA) is 93.5 Å². The molecule has 154 valence electrons. The molecule has 2 N–H and O–H groups in total. The van der Waals surface area contributed by atoms with E-state index in [-0.39, 0.29) is 40.6 Å². The van der Waals surface area contributed by atoms with Crippen LogP contribution in [0.2, 0.25) is 0 Å². The quantitative estimate of drug-likeness (QED) is 0.807. The molecule has 3 aliphatic rings. The first-order valence-electron chi connectivity index (χ1n) is 10.3. The Bertz CT molecular complexity index is 773. The van der Waals surface area contributed by atoms with Crippen LogP contribution in [-0.2, 0) is 9.53 Å². The molecule has 3 fully saturated rings. The molecule has 1 unspecified atom stereocenters. The molecule has 28 heavy (non-hydrogen) atoms. The molecule has 7 heteroatoms. The highest BCUT2D eigenvalue weighted by atomic mass is 16.5. The van der Waals surface area contributed by atoms with E-state index in [0.717, 1.165) is 25.9 Å². The summed E-state index contributed by atoms with van der Waals surface area (Å²) in [5.74, 6) is 1.09. The van der Waals surface area contributed by atoms with Crippen molar-refractivity contribution in [3.63, 3.8) is 0 Å². The Kier molecular flexibility index (Phi) is 4.76. The Labute approximate surface area is 165 Å². The average Bonchev–Trinajstić information content (AvgIpc) is 3.28. The number of hydrogen-bond acceptors (Lipinski definition) is 5. The highest BCUT2D eigenvalue weighted by Gasteiger charge is 2.68. The lowest BCUT2D eigenvalue weighted by atomic mass is 9.59. The number of nitrogens with one attached hydrogen (secondary N) is 2. The van der Waals surface area contributed by atoms with Crippen LogP contribution in [0.3, 0.4) is 0 Å². The maximum Gasteiger partial charge on any atom is 0.289 e. The Balaban J connectivity index is 1.42. The summed E-state index contributed by atoms with van der Waals surface area (Å²) in [5.41, 5.74) is 0.924. The van der Waals surface area contributed by atoms with E-state index in [2.05, 4.69) is 29.6 Å². The predicted octanol–water partition coefficient (Wildman–Crippen LogP) is 2.45. The van der Waals surface area contributed by atoms with Crippen molar-refractivity contribution in [2.24, 2.45) is 22.7 Å². The maximum absolute atomic E-state index is 12.2. The monoisotopic (exact) mass is 389 g/mol. The zero-order valence-electron chi connectivity index (χ0n) is 17.2. The van der Waals surface area contributed by atoms with Crippen molar-refractivity contribution in [3.05, 3.63) is 17.5 Å². The van der Waals surface area contributed by atoms with Crippen LogP contribution in [-0.4, -0.2) is 42.3 Å². The van der Waals surface area contributed by atoms with E-state index in [1.807, 2.05) is 0 Å². The van der Waals surface area contributed by atoms with Crippen LogP contribution in [0.15, 0.2) is 10.6 Å². The van der Waals surface area contributed by atoms with Crippen molar-refractivity contribution >= 4 is 11.8 Å². The van der Waals surface area contributed by atoms with E-state index in [4.69, 9.17) is 9.26 Å². The van der Waals surface area contributed by atoms with Crippen LogP contribution in [0.25, 0.3) is 0 Å². The lowest BCUT2D eigenvalue weighted by Gasteiger charge is -2.53. The first-order chi connectivity index (χ1) is 13.2. The summed E-state index contributed by atoms with van der Waals surface area (Å²) in [6.45, 7) is 9.26. The van der Waals surface area contributed by atoms with Gasteiger partial charge >= 0.3 is 0 Å². The number of carbonyl (C=O) groups is 2. The van der Waals surface area contributed by atoms with Crippen molar-refractivity contribution in [3.8, 4) is 0 Å². The molecule has 1 aromatic heterocycles. The number of hydrogen-bond donors (Lipinski definition) is 2. The largest absolute Gasteiger partial charge is 0.378 e.